The van der Waals surface area contributed by atoms with E-state index in [2.05, 4.69) is 40.8 Å². The highest BCUT2D eigenvalue weighted by Crippen LogP contribution is 2.28. The van der Waals surface area contributed by atoms with Crippen molar-refractivity contribution in [2.75, 3.05) is 6.54 Å². The van der Waals surface area contributed by atoms with Gasteiger partial charge in [0.05, 0.1) is 12.4 Å². The second-order valence-corrected chi connectivity index (χ2v) is 5.42. The summed E-state index contributed by atoms with van der Waals surface area (Å²) in [5, 5.41) is 4.74. The zero-order valence-electron chi connectivity index (χ0n) is 12.5. The van der Waals surface area contributed by atoms with Crippen LogP contribution in [0, 0.1) is 6.92 Å². The van der Waals surface area contributed by atoms with Gasteiger partial charge in [0.15, 0.2) is 0 Å². The Bertz CT molecular complexity index is 700. The molecule has 0 bridgehead atoms. The molecule has 0 aliphatic heterocycles. The predicted octanol–water partition coefficient (Wildman–Crippen LogP) is 3.68. The van der Waals surface area contributed by atoms with Crippen molar-refractivity contribution in [2.24, 2.45) is 0 Å². The van der Waals surface area contributed by atoms with Crippen molar-refractivity contribution >= 4 is 11.0 Å². The third-order valence-corrected chi connectivity index (χ3v) is 3.88. The molecule has 3 aromatic rings. The average Bonchev–Trinajstić information content (AvgIpc) is 3.12. The normalized spacial score (nSPS) is 12.9. The van der Waals surface area contributed by atoms with Gasteiger partial charge in [-0.3, -0.25) is 0 Å². The van der Waals surface area contributed by atoms with Gasteiger partial charge < -0.3 is 14.3 Å². The van der Waals surface area contributed by atoms with Gasteiger partial charge in [-0.1, -0.05) is 18.2 Å². The lowest BCUT2D eigenvalue weighted by Gasteiger charge is -2.12. The van der Waals surface area contributed by atoms with E-state index in [9.17, 15) is 0 Å². The van der Waals surface area contributed by atoms with Crippen LogP contribution in [0.25, 0.3) is 11.0 Å². The molecular weight excluding hydrogens is 262 g/mol. The summed E-state index contributed by atoms with van der Waals surface area (Å²) in [5.74, 6) is 1.04. The van der Waals surface area contributed by atoms with E-state index in [4.69, 9.17) is 4.42 Å². The maximum absolute atomic E-state index is 5.99. The quantitative estimate of drug-likeness (QED) is 0.702. The zero-order valence-corrected chi connectivity index (χ0v) is 12.5. The van der Waals surface area contributed by atoms with Gasteiger partial charge in [-0.05, 0) is 38.4 Å². The minimum Gasteiger partial charge on any atom is -0.459 e. The Hall–Kier alpha value is -2.07. The number of benzene rings is 1. The van der Waals surface area contributed by atoms with Crippen molar-refractivity contribution < 1.29 is 4.42 Å². The number of aryl methyl sites for hydroxylation is 2. The summed E-state index contributed by atoms with van der Waals surface area (Å²) < 4.78 is 8.08. The van der Waals surface area contributed by atoms with Crippen molar-refractivity contribution in [1.82, 2.24) is 14.9 Å². The number of rotatable bonds is 6. The van der Waals surface area contributed by atoms with Crippen LogP contribution in [0.4, 0.5) is 0 Å². The number of aromatic nitrogens is 2. The Kier molecular flexibility index (Phi) is 4.06. The van der Waals surface area contributed by atoms with Crippen molar-refractivity contribution in [2.45, 2.75) is 32.9 Å². The first-order valence-corrected chi connectivity index (χ1v) is 7.43. The molecule has 3 rings (SSSR count). The lowest BCUT2D eigenvalue weighted by Crippen LogP contribution is -2.21. The fourth-order valence-electron chi connectivity index (χ4n) is 2.70. The molecule has 110 valence electrons. The number of hydrogen-bond acceptors (Lipinski definition) is 3. The number of imidazole rings is 1. The van der Waals surface area contributed by atoms with Gasteiger partial charge in [0.1, 0.15) is 11.3 Å². The zero-order chi connectivity index (χ0) is 14.7. The van der Waals surface area contributed by atoms with E-state index in [-0.39, 0.29) is 6.04 Å². The largest absolute Gasteiger partial charge is 0.459 e. The molecular formula is C17H21N3O. The van der Waals surface area contributed by atoms with Gasteiger partial charge in [0.2, 0.25) is 0 Å². The number of nitrogens with one attached hydrogen (secondary N) is 1. The Morgan fingerprint density at radius 3 is 2.95 bits per heavy atom. The molecule has 2 aromatic heterocycles. The molecule has 4 heteroatoms. The minimum absolute atomic E-state index is 0.222. The molecule has 0 aliphatic rings. The molecule has 2 heterocycles. The van der Waals surface area contributed by atoms with Crippen LogP contribution in [0.5, 0.6) is 0 Å². The second-order valence-electron chi connectivity index (χ2n) is 5.42. The predicted molar refractivity (Wildman–Crippen MR) is 84.2 cm³/mol. The van der Waals surface area contributed by atoms with Crippen LogP contribution >= 0.6 is 0 Å². The smallest absolute Gasteiger partial charge is 0.134 e. The summed E-state index contributed by atoms with van der Waals surface area (Å²) in [4.78, 5) is 4.05. The number of hydrogen-bond donors (Lipinski definition) is 1. The summed E-state index contributed by atoms with van der Waals surface area (Å²) in [6.07, 6.45) is 6.73. The maximum Gasteiger partial charge on any atom is 0.134 e. The Morgan fingerprint density at radius 1 is 1.33 bits per heavy atom. The van der Waals surface area contributed by atoms with Gasteiger partial charge in [0, 0.05) is 24.3 Å². The molecule has 1 atom stereocenters. The Balaban J connectivity index is 1.59. The number of furan rings is 1. The van der Waals surface area contributed by atoms with E-state index >= 15 is 0 Å². The van der Waals surface area contributed by atoms with Gasteiger partial charge in [-0.25, -0.2) is 4.98 Å². The van der Waals surface area contributed by atoms with Crippen LogP contribution in [-0.4, -0.2) is 16.1 Å². The first-order chi connectivity index (χ1) is 10.3. The Labute approximate surface area is 124 Å². The number of para-hydroxylation sites is 1. The van der Waals surface area contributed by atoms with Crippen molar-refractivity contribution in [3.05, 3.63) is 54.3 Å². The minimum atomic E-state index is 0.222. The van der Waals surface area contributed by atoms with Gasteiger partial charge in [0.25, 0.3) is 0 Å². The highest BCUT2D eigenvalue weighted by Gasteiger charge is 2.15. The van der Waals surface area contributed by atoms with E-state index < -0.39 is 0 Å². The van der Waals surface area contributed by atoms with Crippen LogP contribution in [-0.2, 0) is 6.54 Å². The van der Waals surface area contributed by atoms with E-state index in [0.717, 1.165) is 30.9 Å². The lowest BCUT2D eigenvalue weighted by atomic mass is 10.1. The summed E-state index contributed by atoms with van der Waals surface area (Å²) in [6, 6.07) is 8.43. The van der Waals surface area contributed by atoms with Crippen molar-refractivity contribution in [3.63, 3.8) is 0 Å². The molecule has 1 unspecified atom stereocenters. The number of nitrogens with zero attached hydrogens (tertiary/aromatic N) is 2. The molecule has 0 aliphatic carbocycles. The molecule has 0 saturated heterocycles. The molecule has 1 aromatic carbocycles. The SMILES string of the molecule is Cc1c(C(C)NCCCn2ccnc2)oc2ccccc12. The summed E-state index contributed by atoms with van der Waals surface area (Å²) >= 11 is 0. The highest BCUT2D eigenvalue weighted by atomic mass is 16.3. The molecule has 0 fully saturated rings. The molecule has 0 amide bonds. The van der Waals surface area contributed by atoms with E-state index in [1.807, 2.05) is 30.9 Å². The fourth-order valence-corrected chi connectivity index (χ4v) is 2.70. The van der Waals surface area contributed by atoms with Crippen molar-refractivity contribution in [1.29, 1.82) is 0 Å². The summed E-state index contributed by atoms with van der Waals surface area (Å²) in [7, 11) is 0. The van der Waals surface area contributed by atoms with E-state index in [1.54, 1.807) is 0 Å². The lowest BCUT2D eigenvalue weighted by molar-refractivity contribution is 0.439. The van der Waals surface area contributed by atoms with E-state index in [0.29, 0.717) is 0 Å². The van der Waals surface area contributed by atoms with Crippen molar-refractivity contribution in [3.8, 4) is 0 Å². The highest BCUT2D eigenvalue weighted by molar-refractivity contribution is 5.82. The maximum atomic E-state index is 5.99. The first-order valence-electron chi connectivity index (χ1n) is 7.43. The average molecular weight is 283 g/mol. The van der Waals surface area contributed by atoms with Gasteiger partial charge in [-0.2, -0.15) is 0 Å². The van der Waals surface area contributed by atoms with Crippen LogP contribution in [0.2, 0.25) is 0 Å². The standard InChI is InChI=1S/C17H21N3O/c1-13-15-6-3-4-7-16(15)21-17(13)14(2)19-8-5-10-20-11-9-18-12-20/h3-4,6-7,9,11-12,14,19H,5,8,10H2,1-2H3. The third kappa shape index (κ3) is 3.00. The Morgan fingerprint density at radius 2 is 2.19 bits per heavy atom. The topological polar surface area (TPSA) is 43.0 Å². The molecule has 0 saturated carbocycles. The van der Waals surface area contributed by atoms with Crippen LogP contribution in [0.3, 0.4) is 0 Å². The summed E-state index contributed by atoms with van der Waals surface area (Å²) in [5.41, 5.74) is 2.21. The van der Waals surface area contributed by atoms with E-state index in [1.165, 1.54) is 10.9 Å². The van der Waals surface area contributed by atoms with Gasteiger partial charge >= 0.3 is 0 Å². The fraction of sp³-hybridized carbons (Fsp3) is 0.353. The van der Waals surface area contributed by atoms with Crippen LogP contribution < -0.4 is 5.32 Å². The van der Waals surface area contributed by atoms with Gasteiger partial charge in [-0.15, -0.1) is 0 Å². The molecule has 1 N–H and O–H groups in total. The first kappa shape index (κ1) is 13.9. The molecule has 4 nitrogen and oxygen atoms in total. The monoisotopic (exact) mass is 283 g/mol. The second kappa shape index (κ2) is 6.14. The number of fused-ring (bicyclic) bond motifs is 1. The van der Waals surface area contributed by atoms with Crippen LogP contribution in [0.15, 0.2) is 47.4 Å². The molecule has 0 spiro atoms. The third-order valence-electron chi connectivity index (χ3n) is 3.88. The van der Waals surface area contributed by atoms with Crippen LogP contribution in [0.1, 0.15) is 30.7 Å². The molecule has 21 heavy (non-hydrogen) atoms. The molecule has 0 radical (unpaired) electrons. The summed E-state index contributed by atoms with van der Waals surface area (Å²) in [6.45, 7) is 6.22.